The fourth-order valence-electron chi connectivity index (χ4n) is 7.56. The van der Waals surface area contributed by atoms with Gasteiger partial charge in [0.05, 0.1) is 29.2 Å². The summed E-state index contributed by atoms with van der Waals surface area (Å²) in [5, 5.41) is 11.9. The molecule has 2 aliphatic rings. The highest BCUT2D eigenvalue weighted by Gasteiger charge is 2.37. The molecule has 1 unspecified atom stereocenters. The van der Waals surface area contributed by atoms with E-state index in [2.05, 4.69) is 141 Å². The van der Waals surface area contributed by atoms with Gasteiger partial charge in [0, 0.05) is 39.1 Å². The van der Waals surface area contributed by atoms with E-state index >= 15 is 0 Å². The summed E-state index contributed by atoms with van der Waals surface area (Å²) in [6.07, 6.45) is 11.3. The second-order valence-electron chi connectivity index (χ2n) is 13.6. The number of aliphatic imine (C=N–C) groups is 2. The van der Waals surface area contributed by atoms with Gasteiger partial charge in [-0.05, 0) is 71.5 Å². The second-order valence-corrected chi connectivity index (χ2v) is 13.6. The molecule has 4 heteroatoms. The molecule has 1 heterocycles. The van der Waals surface area contributed by atoms with Gasteiger partial charge in [-0.25, -0.2) is 4.99 Å². The SMILES string of the molecule is CC1(C(=N/Cc2cccc(C#N)c2)/N=C/c2cccc(-n3c4ccccc4c4ccc5c(c43)-c3ccccc3C5(C)C)c2)C=CC=CC1. The summed E-state index contributed by atoms with van der Waals surface area (Å²) in [7, 11) is 0. The van der Waals surface area contributed by atoms with Gasteiger partial charge in [0.1, 0.15) is 5.84 Å². The van der Waals surface area contributed by atoms with Crippen LogP contribution in [0.5, 0.6) is 0 Å². The van der Waals surface area contributed by atoms with Gasteiger partial charge < -0.3 is 4.57 Å². The molecule has 6 aromatic rings. The van der Waals surface area contributed by atoms with E-state index in [0.29, 0.717) is 12.1 Å². The molecule has 1 aromatic heterocycles. The van der Waals surface area contributed by atoms with Gasteiger partial charge in [0.25, 0.3) is 0 Å². The molecule has 2 aliphatic carbocycles. The number of amidine groups is 1. The summed E-state index contributed by atoms with van der Waals surface area (Å²) in [6, 6.07) is 40.8. The second kappa shape index (κ2) is 11.5. The van der Waals surface area contributed by atoms with Crippen LogP contribution in [0.2, 0.25) is 0 Å². The van der Waals surface area contributed by atoms with Crippen molar-refractivity contribution in [2.45, 2.75) is 39.2 Å². The van der Waals surface area contributed by atoms with Crippen LogP contribution >= 0.6 is 0 Å². The number of allylic oxidation sites excluding steroid dienone is 3. The normalized spacial score (nSPS) is 18.0. The van der Waals surface area contributed by atoms with Crippen molar-refractivity contribution in [3.05, 3.63) is 161 Å². The lowest BCUT2D eigenvalue weighted by Crippen LogP contribution is -2.25. The van der Waals surface area contributed by atoms with Gasteiger partial charge in [-0.15, -0.1) is 0 Å². The minimum absolute atomic E-state index is 0.0829. The number of hydrogen-bond acceptors (Lipinski definition) is 2. The lowest BCUT2D eigenvalue weighted by atomic mass is 9.82. The molecule has 1 atom stereocenters. The standard InChI is InChI=1S/C44H36N4/c1-43(2)37-19-7-5-18-36(37)40-38(43)22-21-35-34-17-6-8-20-39(34)48(41(35)40)33-16-12-15-32(26-33)29-47-42(44(3)23-9-4-10-24-44)46-28-31-14-11-13-30(25-31)27-45/h4-23,25-26,29H,24,28H2,1-3H3/b46-42-,47-29+. The van der Waals surface area contributed by atoms with E-state index in [1.807, 2.05) is 30.5 Å². The summed E-state index contributed by atoms with van der Waals surface area (Å²) in [4.78, 5) is 10.1. The predicted molar refractivity (Wildman–Crippen MR) is 199 cm³/mol. The van der Waals surface area contributed by atoms with Crippen LogP contribution in [0.25, 0.3) is 38.6 Å². The zero-order valence-corrected chi connectivity index (χ0v) is 27.5. The van der Waals surface area contributed by atoms with E-state index in [1.165, 1.54) is 44.1 Å². The summed E-state index contributed by atoms with van der Waals surface area (Å²) < 4.78 is 2.44. The number of benzene rings is 5. The van der Waals surface area contributed by atoms with Crippen LogP contribution in [0, 0.1) is 16.7 Å². The van der Waals surface area contributed by atoms with Gasteiger partial charge >= 0.3 is 0 Å². The number of fused-ring (bicyclic) bond motifs is 7. The topological polar surface area (TPSA) is 53.4 Å². The van der Waals surface area contributed by atoms with E-state index in [0.717, 1.165) is 29.1 Å². The van der Waals surface area contributed by atoms with E-state index in [-0.39, 0.29) is 10.8 Å². The Morgan fingerprint density at radius 1 is 0.833 bits per heavy atom. The van der Waals surface area contributed by atoms with Crippen LogP contribution in [0.15, 0.2) is 143 Å². The Morgan fingerprint density at radius 2 is 1.67 bits per heavy atom. The molecule has 0 N–H and O–H groups in total. The molecule has 0 radical (unpaired) electrons. The molecule has 0 aliphatic heterocycles. The van der Waals surface area contributed by atoms with E-state index < -0.39 is 0 Å². The first-order chi connectivity index (χ1) is 23.4. The van der Waals surface area contributed by atoms with Crippen molar-refractivity contribution < 1.29 is 0 Å². The van der Waals surface area contributed by atoms with Crippen molar-refractivity contribution >= 4 is 33.9 Å². The van der Waals surface area contributed by atoms with Crippen molar-refractivity contribution in [2.24, 2.45) is 15.4 Å². The molecule has 0 amide bonds. The molecule has 8 rings (SSSR count). The summed E-state index contributed by atoms with van der Waals surface area (Å²) in [5.41, 5.74) is 11.1. The fourth-order valence-corrected chi connectivity index (χ4v) is 7.56. The average molecular weight is 621 g/mol. The van der Waals surface area contributed by atoms with E-state index in [4.69, 9.17) is 9.98 Å². The Balaban J connectivity index is 1.26. The number of nitriles is 1. The van der Waals surface area contributed by atoms with Crippen LogP contribution in [-0.4, -0.2) is 16.6 Å². The van der Waals surface area contributed by atoms with Gasteiger partial charge in [-0.1, -0.05) is 117 Å². The maximum absolute atomic E-state index is 9.39. The first kappa shape index (κ1) is 29.6. The van der Waals surface area contributed by atoms with Crippen LogP contribution in [0.3, 0.4) is 0 Å². The van der Waals surface area contributed by atoms with Gasteiger partial charge in [0.2, 0.25) is 0 Å². The van der Waals surface area contributed by atoms with Crippen LogP contribution in [0.4, 0.5) is 0 Å². The Morgan fingerprint density at radius 3 is 2.52 bits per heavy atom. The van der Waals surface area contributed by atoms with Crippen molar-refractivity contribution in [3.8, 4) is 22.9 Å². The van der Waals surface area contributed by atoms with Crippen molar-refractivity contribution in [1.29, 1.82) is 5.26 Å². The number of rotatable bonds is 5. The van der Waals surface area contributed by atoms with Gasteiger partial charge in [-0.2, -0.15) is 5.26 Å². The molecule has 0 bridgehead atoms. The van der Waals surface area contributed by atoms with Crippen molar-refractivity contribution in [1.82, 2.24) is 4.57 Å². The Kier molecular flexibility index (Phi) is 7.07. The monoisotopic (exact) mass is 620 g/mol. The zero-order valence-electron chi connectivity index (χ0n) is 27.5. The molecule has 0 spiro atoms. The maximum Gasteiger partial charge on any atom is 0.133 e. The number of aromatic nitrogens is 1. The van der Waals surface area contributed by atoms with Gasteiger partial charge in [-0.3, -0.25) is 4.99 Å². The molecule has 5 aromatic carbocycles. The first-order valence-corrected chi connectivity index (χ1v) is 16.6. The van der Waals surface area contributed by atoms with Crippen LogP contribution < -0.4 is 0 Å². The maximum atomic E-state index is 9.39. The third-order valence-corrected chi connectivity index (χ3v) is 10.1. The summed E-state index contributed by atoms with van der Waals surface area (Å²) in [5.74, 6) is 0.768. The Labute approximate surface area is 281 Å². The third-order valence-electron chi connectivity index (χ3n) is 10.1. The highest BCUT2D eigenvalue weighted by atomic mass is 15.0. The molecule has 4 nitrogen and oxygen atoms in total. The molecular formula is C44H36N4. The van der Waals surface area contributed by atoms with Crippen LogP contribution in [0.1, 0.15) is 55.0 Å². The van der Waals surface area contributed by atoms with Crippen molar-refractivity contribution in [2.75, 3.05) is 0 Å². The smallest absolute Gasteiger partial charge is 0.133 e. The highest BCUT2D eigenvalue weighted by Crippen LogP contribution is 2.52. The minimum atomic E-state index is -0.330. The van der Waals surface area contributed by atoms with Crippen LogP contribution in [-0.2, 0) is 12.0 Å². The minimum Gasteiger partial charge on any atom is -0.309 e. The van der Waals surface area contributed by atoms with E-state index in [1.54, 1.807) is 0 Å². The van der Waals surface area contributed by atoms with E-state index in [9.17, 15) is 5.26 Å². The third kappa shape index (κ3) is 4.82. The summed E-state index contributed by atoms with van der Waals surface area (Å²) in [6.45, 7) is 7.32. The predicted octanol–water partition coefficient (Wildman–Crippen LogP) is 10.5. The average Bonchev–Trinajstić information content (AvgIpc) is 3.57. The highest BCUT2D eigenvalue weighted by molar-refractivity contribution is 6.15. The zero-order chi connectivity index (χ0) is 32.9. The largest absolute Gasteiger partial charge is 0.309 e. The fraction of sp³-hybridized carbons (Fsp3) is 0.159. The lowest BCUT2D eigenvalue weighted by Gasteiger charge is -2.26. The molecule has 0 saturated carbocycles. The molecule has 48 heavy (non-hydrogen) atoms. The quantitative estimate of drug-likeness (QED) is 0.140. The Hall–Kier alpha value is -5.79. The summed E-state index contributed by atoms with van der Waals surface area (Å²) >= 11 is 0. The molecule has 232 valence electrons. The molecule has 0 saturated heterocycles. The Bertz CT molecular complexity index is 2410. The van der Waals surface area contributed by atoms with Crippen molar-refractivity contribution in [3.63, 3.8) is 0 Å². The first-order valence-electron chi connectivity index (χ1n) is 16.6. The molecular weight excluding hydrogens is 585 g/mol. The van der Waals surface area contributed by atoms with Gasteiger partial charge in [0.15, 0.2) is 0 Å². The lowest BCUT2D eigenvalue weighted by molar-refractivity contribution is 0.592. The molecule has 0 fully saturated rings. The number of nitrogens with zero attached hydrogens (tertiary/aromatic N) is 4. The number of hydrogen-bond donors (Lipinski definition) is 0. The number of para-hydroxylation sites is 1.